The van der Waals surface area contributed by atoms with Crippen LogP contribution < -0.4 is 5.32 Å². The Morgan fingerprint density at radius 1 is 1.00 bits per heavy atom. The van der Waals surface area contributed by atoms with Crippen molar-refractivity contribution in [2.24, 2.45) is 0 Å². The molecule has 3 aromatic carbocycles. The Hall–Kier alpha value is -3.50. The number of nitro benzene ring substituents is 1. The SMILES string of the molecule is O=C(CSc1nnc(-c2ccc(Br)cc2)n1-c1ccccc1)Nc1ccccc1[N+](=O)[O-]. The van der Waals surface area contributed by atoms with E-state index in [0.717, 1.165) is 15.7 Å². The number of hydrogen-bond donors (Lipinski definition) is 1. The number of rotatable bonds is 7. The summed E-state index contributed by atoms with van der Waals surface area (Å²) in [5.41, 5.74) is 1.73. The third-order valence-corrected chi connectivity index (χ3v) is 5.91. The molecule has 32 heavy (non-hydrogen) atoms. The second-order valence-electron chi connectivity index (χ2n) is 6.60. The van der Waals surface area contributed by atoms with Gasteiger partial charge >= 0.3 is 0 Å². The topological polar surface area (TPSA) is 103 Å². The molecule has 0 fully saturated rings. The lowest BCUT2D eigenvalue weighted by molar-refractivity contribution is -0.383. The summed E-state index contributed by atoms with van der Waals surface area (Å²) in [6.07, 6.45) is 0. The number of anilines is 1. The summed E-state index contributed by atoms with van der Waals surface area (Å²) >= 11 is 4.64. The van der Waals surface area contributed by atoms with Crippen LogP contribution in [0.1, 0.15) is 0 Å². The highest BCUT2D eigenvalue weighted by Gasteiger charge is 2.19. The molecule has 1 N–H and O–H groups in total. The molecule has 0 aliphatic rings. The molecule has 0 radical (unpaired) electrons. The van der Waals surface area contributed by atoms with Gasteiger partial charge in [0.2, 0.25) is 5.91 Å². The van der Waals surface area contributed by atoms with Crippen LogP contribution in [-0.2, 0) is 4.79 Å². The van der Waals surface area contributed by atoms with Gasteiger partial charge in [-0.2, -0.15) is 0 Å². The fourth-order valence-electron chi connectivity index (χ4n) is 3.01. The van der Waals surface area contributed by atoms with E-state index in [2.05, 4.69) is 31.4 Å². The molecule has 0 saturated carbocycles. The van der Waals surface area contributed by atoms with Gasteiger partial charge in [0.15, 0.2) is 11.0 Å². The third kappa shape index (κ3) is 4.87. The highest BCUT2D eigenvalue weighted by Crippen LogP contribution is 2.29. The van der Waals surface area contributed by atoms with Crippen LogP contribution in [0.15, 0.2) is 88.5 Å². The zero-order valence-corrected chi connectivity index (χ0v) is 18.9. The molecule has 1 heterocycles. The minimum absolute atomic E-state index is 0.0113. The Kier molecular flexibility index (Phi) is 6.62. The van der Waals surface area contributed by atoms with E-state index >= 15 is 0 Å². The Labute approximate surface area is 196 Å². The number of nitrogens with one attached hydrogen (secondary N) is 1. The van der Waals surface area contributed by atoms with Crippen molar-refractivity contribution in [3.05, 3.63) is 93.4 Å². The normalized spacial score (nSPS) is 10.7. The smallest absolute Gasteiger partial charge is 0.292 e. The Morgan fingerprint density at radius 2 is 1.69 bits per heavy atom. The molecule has 0 unspecified atom stereocenters. The van der Waals surface area contributed by atoms with Gasteiger partial charge in [-0.3, -0.25) is 19.5 Å². The summed E-state index contributed by atoms with van der Waals surface area (Å²) in [5.74, 6) is 0.277. The van der Waals surface area contributed by atoms with Crippen LogP contribution in [0.4, 0.5) is 11.4 Å². The molecule has 4 rings (SSSR count). The van der Waals surface area contributed by atoms with Crippen LogP contribution >= 0.6 is 27.7 Å². The average Bonchev–Trinajstić information content (AvgIpc) is 3.23. The van der Waals surface area contributed by atoms with Gasteiger partial charge in [-0.05, 0) is 30.3 Å². The molecule has 0 saturated heterocycles. The number of amides is 1. The molecule has 1 amide bonds. The lowest BCUT2D eigenvalue weighted by atomic mass is 10.2. The van der Waals surface area contributed by atoms with E-state index in [1.165, 1.54) is 23.9 Å². The first-order valence-corrected chi connectivity index (χ1v) is 11.2. The van der Waals surface area contributed by atoms with E-state index in [-0.39, 0.29) is 23.0 Å². The summed E-state index contributed by atoms with van der Waals surface area (Å²) < 4.78 is 2.83. The highest BCUT2D eigenvalue weighted by atomic mass is 79.9. The molecular formula is C22H16BrN5O3S. The maximum atomic E-state index is 12.5. The standard InChI is InChI=1S/C22H16BrN5O3S/c23-16-12-10-15(11-13-16)21-25-26-22(27(21)17-6-2-1-3-7-17)32-14-20(29)24-18-8-4-5-9-19(18)28(30)31/h1-13H,14H2,(H,24,29). The first-order valence-electron chi connectivity index (χ1n) is 9.46. The summed E-state index contributed by atoms with van der Waals surface area (Å²) in [7, 11) is 0. The van der Waals surface area contributed by atoms with Crippen molar-refractivity contribution in [1.82, 2.24) is 14.8 Å². The molecular weight excluding hydrogens is 494 g/mol. The van der Waals surface area contributed by atoms with Crippen molar-refractivity contribution in [2.75, 3.05) is 11.1 Å². The number of nitrogens with zero attached hydrogens (tertiary/aromatic N) is 4. The predicted molar refractivity (Wildman–Crippen MR) is 127 cm³/mol. The maximum Gasteiger partial charge on any atom is 0.292 e. The van der Waals surface area contributed by atoms with E-state index in [9.17, 15) is 14.9 Å². The van der Waals surface area contributed by atoms with Gasteiger partial charge in [0.25, 0.3) is 5.69 Å². The third-order valence-electron chi connectivity index (χ3n) is 4.46. The molecule has 0 bridgehead atoms. The van der Waals surface area contributed by atoms with Crippen molar-refractivity contribution in [3.8, 4) is 17.1 Å². The summed E-state index contributed by atoms with van der Waals surface area (Å²) in [6.45, 7) is 0. The minimum atomic E-state index is -0.528. The number of carbonyl (C=O) groups is 1. The maximum absolute atomic E-state index is 12.5. The van der Waals surface area contributed by atoms with E-state index in [1.54, 1.807) is 12.1 Å². The number of para-hydroxylation sites is 3. The Bertz CT molecular complexity index is 1260. The first kappa shape index (κ1) is 21.7. The van der Waals surface area contributed by atoms with Gasteiger partial charge in [0, 0.05) is 21.8 Å². The van der Waals surface area contributed by atoms with Gasteiger partial charge in [0.05, 0.1) is 10.7 Å². The summed E-state index contributed by atoms with van der Waals surface area (Å²) in [4.78, 5) is 23.1. The van der Waals surface area contributed by atoms with Crippen molar-refractivity contribution in [3.63, 3.8) is 0 Å². The first-order chi connectivity index (χ1) is 15.5. The number of aromatic nitrogens is 3. The second kappa shape index (κ2) is 9.75. The van der Waals surface area contributed by atoms with Crippen molar-refractivity contribution >= 4 is 45.0 Å². The van der Waals surface area contributed by atoms with Crippen LogP contribution in [0.3, 0.4) is 0 Å². The van der Waals surface area contributed by atoms with E-state index in [4.69, 9.17) is 0 Å². The predicted octanol–water partition coefficient (Wildman–Crippen LogP) is 5.34. The van der Waals surface area contributed by atoms with Gasteiger partial charge < -0.3 is 5.32 Å². The van der Waals surface area contributed by atoms with Crippen molar-refractivity contribution < 1.29 is 9.72 Å². The molecule has 8 nitrogen and oxygen atoms in total. The molecule has 10 heteroatoms. The molecule has 160 valence electrons. The zero-order chi connectivity index (χ0) is 22.5. The highest BCUT2D eigenvalue weighted by molar-refractivity contribution is 9.10. The van der Waals surface area contributed by atoms with Gasteiger partial charge in [-0.1, -0.05) is 70.2 Å². The van der Waals surface area contributed by atoms with Crippen LogP contribution in [0.5, 0.6) is 0 Å². The number of thioether (sulfide) groups is 1. The summed E-state index contributed by atoms with van der Waals surface area (Å²) in [6, 6.07) is 23.4. The summed E-state index contributed by atoms with van der Waals surface area (Å²) in [5, 5.41) is 22.9. The lowest BCUT2D eigenvalue weighted by Gasteiger charge is -2.10. The number of halogens is 1. The van der Waals surface area contributed by atoms with E-state index in [1.807, 2.05) is 59.2 Å². The fourth-order valence-corrected chi connectivity index (χ4v) is 4.03. The van der Waals surface area contributed by atoms with Gasteiger partial charge in [0.1, 0.15) is 5.69 Å². The fraction of sp³-hybridized carbons (Fsp3) is 0.0455. The molecule has 1 aromatic heterocycles. The van der Waals surface area contributed by atoms with Gasteiger partial charge in [-0.25, -0.2) is 0 Å². The number of hydrogen-bond acceptors (Lipinski definition) is 6. The van der Waals surface area contributed by atoms with Crippen molar-refractivity contribution in [1.29, 1.82) is 0 Å². The number of nitro groups is 1. The molecule has 0 atom stereocenters. The van der Waals surface area contributed by atoms with Crippen molar-refractivity contribution in [2.45, 2.75) is 5.16 Å². The second-order valence-corrected chi connectivity index (χ2v) is 8.45. The van der Waals surface area contributed by atoms with E-state index < -0.39 is 4.92 Å². The Balaban J connectivity index is 1.58. The van der Waals surface area contributed by atoms with Crippen LogP contribution in [-0.4, -0.2) is 31.3 Å². The zero-order valence-electron chi connectivity index (χ0n) is 16.5. The molecule has 0 spiro atoms. The monoisotopic (exact) mass is 509 g/mol. The minimum Gasteiger partial charge on any atom is -0.320 e. The molecule has 0 aliphatic heterocycles. The quantitative estimate of drug-likeness (QED) is 0.205. The number of benzene rings is 3. The van der Waals surface area contributed by atoms with Gasteiger partial charge in [-0.15, -0.1) is 10.2 Å². The Morgan fingerprint density at radius 3 is 2.41 bits per heavy atom. The number of carbonyl (C=O) groups excluding carboxylic acids is 1. The van der Waals surface area contributed by atoms with Crippen LogP contribution in [0, 0.1) is 10.1 Å². The lowest BCUT2D eigenvalue weighted by Crippen LogP contribution is -2.15. The largest absolute Gasteiger partial charge is 0.320 e. The molecule has 4 aromatic rings. The van der Waals surface area contributed by atoms with E-state index in [0.29, 0.717) is 11.0 Å². The average molecular weight is 510 g/mol. The van der Waals surface area contributed by atoms with Crippen LogP contribution in [0.25, 0.3) is 17.1 Å². The van der Waals surface area contributed by atoms with Crippen LogP contribution in [0.2, 0.25) is 0 Å². The molecule has 0 aliphatic carbocycles.